The quantitative estimate of drug-likeness (QED) is 0.766. The number of hydrogen-bond donors (Lipinski definition) is 1. The second-order valence-corrected chi connectivity index (χ2v) is 6.24. The van der Waals surface area contributed by atoms with Gasteiger partial charge in [0.15, 0.2) is 5.84 Å². The summed E-state index contributed by atoms with van der Waals surface area (Å²) >= 11 is 6.19. The average Bonchev–Trinajstić information content (AvgIpc) is 2.63. The number of fused-ring (bicyclic) bond motifs is 1. The van der Waals surface area contributed by atoms with Crippen LogP contribution in [0.3, 0.4) is 0 Å². The SMILES string of the molecule is CC(=O)ONC1=Nc2ccc(Cl)cc2C(c2ccccc2)=NN(C(C)=O)C1. The molecule has 0 saturated carbocycles. The number of benzene rings is 2. The fraction of sp³-hybridized carbons (Fsp3) is 0.158. The van der Waals surface area contributed by atoms with E-state index in [9.17, 15) is 9.59 Å². The standard InChI is InChI=1S/C19H17ClN4O3/c1-12(25)24-11-18(23-27-13(2)26)21-17-9-8-15(20)10-16(17)19(22-24)14-6-4-3-5-7-14/h3-10H,11H2,1-2H3,(H,21,23). The summed E-state index contributed by atoms with van der Waals surface area (Å²) in [5.74, 6) is -0.551. The molecule has 1 heterocycles. The molecule has 8 heteroatoms. The molecule has 0 unspecified atom stereocenters. The maximum absolute atomic E-state index is 12.1. The predicted molar refractivity (Wildman–Crippen MR) is 103 cm³/mol. The van der Waals surface area contributed by atoms with Crippen molar-refractivity contribution in [1.82, 2.24) is 10.5 Å². The van der Waals surface area contributed by atoms with Crippen molar-refractivity contribution < 1.29 is 14.4 Å². The fourth-order valence-electron chi connectivity index (χ4n) is 2.50. The van der Waals surface area contributed by atoms with Gasteiger partial charge in [-0.3, -0.25) is 9.59 Å². The molecule has 2 aromatic carbocycles. The molecule has 0 radical (unpaired) electrons. The van der Waals surface area contributed by atoms with Gasteiger partial charge >= 0.3 is 5.97 Å². The van der Waals surface area contributed by atoms with Crippen LogP contribution in [0.25, 0.3) is 0 Å². The molecule has 0 aliphatic carbocycles. The zero-order valence-electron chi connectivity index (χ0n) is 14.8. The van der Waals surface area contributed by atoms with E-state index in [1.807, 2.05) is 30.3 Å². The lowest BCUT2D eigenvalue weighted by molar-refractivity contribution is -0.145. The normalized spacial score (nSPS) is 13.5. The van der Waals surface area contributed by atoms with E-state index in [4.69, 9.17) is 16.4 Å². The Hall–Kier alpha value is -3.19. The highest BCUT2D eigenvalue weighted by molar-refractivity contribution is 6.31. The third-order valence-corrected chi connectivity index (χ3v) is 3.95. The monoisotopic (exact) mass is 384 g/mol. The van der Waals surface area contributed by atoms with Crippen LogP contribution in [0.1, 0.15) is 25.0 Å². The number of nitrogens with zero attached hydrogens (tertiary/aromatic N) is 3. The summed E-state index contributed by atoms with van der Waals surface area (Å²) in [5.41, 5.74) is 5.11. The summed E-state index contributed by atoms with van der Waals surface area (Å²) in [5, 5.41) is 6.31. The van der Waals surface area contributed by atoms with Gasteiger partial charge in [-0.2, -0.15) is 5.10 Å². The number of aliphatic imine (C=N–C) groups is 1. The molecule has 0 spiro atoms. The highest BCUT2D eigenvalue weighted by atomic mass is 35.5. The molecule has 1 amide bonds. The first-order valence-corrected chi connectivity index (χ1v) is 8.55. The number of halogens is 1. The molecule has 7 nitrogen and oxygen atoms in total. The van der Waals surface area contributed by atoms with Crippen molar-refractivity contribution >= 4 is 40.7 Å². The van der Waals surface area contributed by atoms with Crippen molar-refractivity contribution in [3.8, 4) is 0 Å². The van der Waals surface area contributed by atoms with Gasteiger partial charge in [-0.1, -0.05) is 41.9 Å². The van der Waals surface area contributed by atoms with Crippen molar-refractivity contribution in [2.24, 2.45) is 10.1 Å². The topological polar surface area (TPSA) is 83.4 Å². The average molecular weight is 385 g/mol. The number of rotatable bonds is 1. The van der Waals surface area contributed by atoms with Gasteiger partial charge in [0, 0.05) is 30.0 Å². The fourth-order valence-corrected chi connectivity index (χ4v) is 2.68. The van der Waals surface area contributed by atoms with E-state index in [0.29, 0.717) is 22.0 Å². The number of carbonyl (C=O) groups is 2. The largest absolute Gasteiger partial charge is 0.343 e. The second kappa shape index (κ2) is 8.01. The van der Waals surface area contributed by atoms with Crippen LogP contribution >= 0.6 is 11.6 Å². The third kappa shape index (κ3) is 4.51. The minimum Gasteiger partial charge on any atom is -0.343 e. The van der Waals surface area contributed by atoms with Crippen LogP contribution in [-0.2, 0) is 14.4 Å². The lowest BCUT2D eigenvalue weighted by Crippen LogP contribution is -2.39. The molecule has 138 valence electrons. The van der Waals surface area contributed by atoms with Crippen molar-refractivity contribution in [2.75, 3.05) is 6.54 Å². The molecule has 1 aliphatic rings. The van der Waals surface area contributed by atoms with Crippen molar-refractivity contribution in [2.45, 2.75) is 13.8 Å². The molecule has 3 rings (SSSR count). The summed E-state index contributed by atoms with van der Waals surface area (Å²) in [6, 6.07) is 14.6. The summed E-state index contributed by atoms with van der Waals surface area (Å²) in [6.45, 7) is 2.68. The zero-order valence-corrected chi connectivity index (χ0v) is 15.5. The first kappa shape index (κ1) is 18.6. The maximum Gasteiger partial charge on any atom is 0.329 e. The molecule has 1 N–H and O–H groups in total. The molecule has 0 saturated heterocycles. The van der Waals surface area contributed by atoms with Gasteiger partial charge < -0.3 is 4.84 Å². The minimum atomic E-state index is -0.529. The van der Waals surface area contributed by atoms with Crippen LogP contribution in [0.5, 0.6) is 0 Å². The third-order valence-electron chi connectivity index (χ3n) is 3.71. The second-order valence-electron chi connectivity index (χ2n) is 5.81. The lowest BCUT2D eigenvalue weighted by atomic mass is 10.0. The molecule has 1 aliphatic heterocycles. The number of amidine groups is 1. The number of hydroxylamine groups is 1. The minimum absolute atomic E-state index is 0.0149. The Kier molecular flexibility index (Phi) is 5.52. The van der Waals surface area contributed by atoms with E-state index in [1.165, 1.54) is 18.9 Å². The van der Waals surface area contributed by atoms with Gasteiger partial charge in [-0.25, -0.2) is 15.5 Å². The van der Waals surface area contributed by atoms with E-state index in [2.05, 4.69) is 15.6 Å². The molecule has 27 heavy (non-hydrogen) atoms. The summed E-state index contributed by atoms with van der Waals surface area (Å²) in [7, 11) is 0. The Morgan fingerprint density at radius 2 is 1.89 bits per heavy atom. The van der Waals surface area contributed by atoms with E-state index in [-0.39, 0.29) is 18.3 Å². The number of nitrogens with one attached hydrogen (secondary N) is 1. The molecule has 0 fully saturated rings. The van der Waals surface area contributed by atoms with Crippen molar-refractivity contribution in [3.05, 3.63) is 64.7 Å². The van der Waals surface area contributed by atoms with Gasteiger partial charge in [-0.05, 0) is 18.2 Å². The highest BCUT2D eigenvalue weighted by Crippen LogP contribution is 2.28. The zero-order chi connectivity index (χ0) is 19.4. The van der Waals surface area contributed by atoms with E-state index < -0.39 is 5.97 Å². The number of carbonyl (C=O) groups excluding carboxylic acids is 2. The first-order valence-electron chi connectivity index (χ1n) is 8.17. The molecular formula is C19H17ClN4O3. The number of hydrazone groups is 1. The Bertz CT molecular complexity index is 941. The van der Waals surface area contributed by atoms with Gasteiger partial charge in [0.25, 0.3) is 0 Å². The van der Waals surface area contributed by atoms with E-state index >= 15 is 0 Å². The Morgan fingerprint density at radius 1 is 1.15 bits per heavy atom. The van der Waals surface area contributed by atoms with Gasteiger partial charge in [-0.15, -0.1) is 0 Å². The number of amides is 1. The van der Waals surface area contributed by atoms with E-state index in [0.717, 1.165) is 5.56 Å². The lowest BCUT2D eigenvalue weighted by Gasteiger charge is -2.22. The maximum atomic E-state index is 12.1. The van der Waals surface area contributed by atoms with Crippen LogP contribution in [0.4, 0.5) is 5.69 Å². The van der Waals surface area contributed by atoms with E-state index in [1.54, 1.807) is 18.2 Å². The van der Waals surface area contributed by atoms with Crippen LogP contribution in [0.2, 0.25) is 5.02 Å². The Balaban J connectivity index is 2.17. The van der Waals surface area contributed by atoms with Crippen molar-refractivity contribution in [3.63, 3.8) is 0 Å². The van der Waals surface area contributed by atoms with Gasteiger partial charge in [0.2, 0.25) is 5.91 Å². The number of hydrogen-bond acceptors (Lipinski definition) is 6. The van der Waals surface area contributed by atoms with Gasteiger partial charge in [0.05, 0.1) is 5.69 Å². The van der Waals surface area contributed by atoms with Gasteiger partial charge in [0.1, 0.15) is 12.3 Å². The predicted octanol–water partition coefficient (Wildman–Crippen LogP) is 3.05. The summed E-state index contributed by atoms with van der Waals surface area (Å²) < 4.78 is 0. The van der Waals surface area contributed by atoms with Crippen LogP contribution < -0.4 is 5.48 Å². The smallest absolute Gasteiger partial charge is 0.329 e. The molecule has 0 bridgehead atoms. The molecule has 2 aromatic rings. The molecular weight excluding hydrogens is 368 g/mol. The van der Waals surface area contributed by atoms with Crippen molar-refractivity contribution in [1.29, 1.82) is 0 Å². The molecule has 0 aromatic heterocycles. The van der Waals surface area contributed by atoms with Crippen LogP contribution in [-0.4, -0.2) is 35.0 Å². The highest BCUT2D eigenvalue weighted by Gasteiger charge is 2.21. The first-order chi connectivity index (χ1) is 12.9. The summed E-state index contributed by atoms with van der Waals surface area (Å²) in [6.07, 6.45) is 0. The Morgan fingerprint density at radius 3 is 2.56 bits per heavy atom. The van der Waals surface area contributed by atoms with Crippen LogP contribution in [0, 0.1) is 0 Å². The summed E-state index contributed by atoms with van der Waals surface area (Å²) in [4.78, 5) is 32.6. The Labute approximate surface area is 161 Å². The molecule has 0 atom stereocenters. The van der Waals surface area contributed by atoms with Crippen LogP contribution in [0.15, 0.2) is 58.6 Å².